The molecule has 1 aromatic rings. The third-order valence-electron chi connectivity index (χ3n) is 3.13. The number of carbonyl (C=O) groups excluding carboxylic acids is 1. The Hall–Kier alpha value is -1.29. The van der Waals surface area contributed by atoms with Gasteiger partial charge in [-0.05, 0) is 37.3 Å². The molecule has 3 N–H and O–H groups in total. The largest absolute Gasteiger partial charge is 0.469 e. The van der Waals surface area contributed by atoms with Crippen LogP contribution in [0.2, 0.25) is 0 Å². The Morgan fingerprint density at radius 1 is 1.45 bits per heavy atom. The van der Waals surface area contributed by atoms with Crippen molar-refractivity contribution in [3.8, 4) is 0 Å². The van der Waals surface area contributed by atoms with Gasteiger partial charge in [-0.15, -0.1) is 0 Å². The molecular weight excluding hydrogens is 252 g/mol. The number of nitrogens with two attached hydrogens (primary N) is 1. The summed E-state index contributed by atoms with van der Waals surface area (Å²) < 4.78 is 5.28. The van der Waals surface area contributed by atoms with Gasteiger partial charge in [-0.1, -0.05) is 20.8 Å². The highest BCUT2D eigenvalue weighted by molar-refractivity contribution is 5.76. The predicted molar refractivity (Wildman–Crippen MR) is 81.3 cm³/mol. The first-order chi connectivity index (χ1) is 9.26. The van der Waals surface area contributed by atoms with Gasteiger partial charge >= 0.3 is 0 Å². The fourth-order valence-electron chi connectivity index (χ4n) is 2.32. The summed E-state index contributed by atoms with van der Waals surface area (Å²) in [5, 5.41) is 3.00. The van der Waals surface area contributed by atoms with Crippen molar-refractivity contribution < 1.29 is 9.21 Å². The average molecular weight is 280 g/mol. The Bertz CT molecular complexity index is 393. The fraction of sp³-hybridized carbons (Fsp3) is 0.688. The molecule has 0 aliphatic rings. The molecule has 2 atom stereocenters. The van der Waals surface area contributed by atoms with Crippen LogP contribution >= 0.6 is 0 Å². The van der Waals surface area contributed by atoms with Crippen LogP contribution in [0.15, 0.2) is 22.8 Å². The first-order valence-corrected chi connectivity index (χ1v) is 7.33. The van der Waals surface area contributed by atoms with Crippen molar-refractivity contribution in [1.82, 2.24) is 5.32 Å². The van der Waals surface area contributed by atoms with Crippen LogP contribution in [0.5, 0.6) is 0 Å². The van der Waals surface area contributed by atoms with E-state index in [9.17, 15) is 4.79 Å². The van der Waals surface area contributed by atoms with E-state index in [4.69, 9.17) is 10.2 Å². The van der Waals surface area contributed by atoms with Crippen molar-refractivity contribution in [1.29, 1.82) is 0 Å². The number of hydrogen-bond acceptors (Lipinski definition) is 3. The minimum absolute atomic E-state index is 0.0358. The van der Waals surface area contributed by atoms with E-state index in [1.54, 1.807) is 6.26 Å². The molecule has 0 spiro atoms. The van der Waals surface area contributed by atoms with Crippen LogP contribution in [0.25, 0.3) is 0 Å². The lowest BCUT2D eigenvalue weighted by atomic mass is 9.87. The van der Waals surface area contributed by atoms with E-state index in [0.29, 0.717) is 6.42 Å². The van der Waals surface area contributed by atoms with Crippen molar-refractivity contribution in [2.24, 2.45) is 11.1 Å². The Kier molecular flexibility index (Phi) is 6.27. The molecule has 0 bridgehead atoms. The van der Waals surface area contributed by atoms with E-state index in [0.717, 1.165) is 25.0 Å². The molecule has 0 fully saturated rings. The summed E-state index contributed by atoms with van der Waals surface area (Å²) in [5.74, 6) is 0.990. The maximum atomic E-state index is 11.9. The third-order valence-corrected chi connectivity index (χ3v) is 3.13. The Labute approximate surface area is 122 Å². The summed E-state index contributed by atoms with van der Waals surface area (Å²) in [6.07, 6.45) is 4.61. The Morgan fingerprint density at radius 3 is 2.70 bits per heavy atom. The molecule has 2 unspecified atom stereocenters. The van der Waals surface area contributed by atoms with Gasteiger partial charge < -0.3 is 15.5 Å². The molecule has 0 radical (unpaired) electrons. The molecule has 0 aromatic carbocycles. The molecule has 20 heavy (non-hydrogen) atoms. The minimum atomic E-state index is -0.0766. The summed E-state index contributed by atoms with van der Waals surface area (Å²) in [7, 11) is 0. The lowest BCUT2D eigenvalue weighted by Crippen LogP contribution is -2.38. The lowest BCUT2D eigenvalue weighted by Gasteiger charge is -2.23. The quantitative estimate of drug-likeness (QED) is 0.807. The van der Waals surface area contributed by atoms with Crippen molar-refractivity contribution >= 4 is 5.91 Å². The highest BCUT2D eigenvalue weighted by Crippen LogP contribution is 2.21. The van der Waals surface area contributed by atoms with E-state index >= 15 is 0 Å². The van der Waals surface area contributed by atoms with Gasteiger partial charge in [0.1, 0.15) is 5.76 Å². The number of amides is 1. The van der Waals surface area contributed by atoms with E-state index in [-0.39, 0.29) is 23.4 Å². The molecule has 0 saturated heterocycles. The molecule has 1 aromatic heterocycles. The molecule has 0 aliphatic carbocycles. The van der Waals surface area contributed by atoms with Gasteiger partial charge in [0.2, 0.25) is 5.91 Å². The molecule has 0 saturated carbocycles. The number of aryl methyl sites for hydroxylation is 1. The van der Waals surface area contributed by atoms with Crippen molar-refractivity contribution in [2.75, 3.05) is 0 Å². The van der Waals surface area contributed by atoms with Gasteiger partial charge in [0.25, 0.3) is 0 Å². The average Bonchev–Trinajstić information content (AvgIpc) is 2.75. The highest BCUT2D eigenvalue weighted by Gasteiger charge is 2.18. The number of furan rings is 1. The van der Waals surface area contributed by atoms with Crippen molar-refractivity contribution in [2.45, 2.75) is 65.5 Å². The van der Waals surface area contributed by atoms with Gasteiger partial charge in [-0.2, -0.15) is 0 Å². The van der Waals surface area contributed by atoms with Gasteiger partial charge in [0.05, 0.1) is 6.26 Å². The molecule has 0 aliphatic heterocycles. The van der Waals surface area contributed by atoms with Gasteiger partial charge in [0.15, 0.2) is 0 Å². The molecule has 114 valence electrons. The van der Waals surface area contributed by atoms with Gasteiger partial charge in [0, 0.05) is 24.9 Å². The molecule has 1 rings (SSSR count). The second-order valence-electron chi connectivity index (χ2n) is 6.82. The summed E-state index contributed by atoms with van der Waals surface area (Å²) >= 11 is 0. The summed E-state index contributed by atoms with van der Waals surface area (Å²) in [6.45, 7) is 8.42. The van der Waals surface area contributed by atoms with E-state index in [2.05, 4.69) is 26.1 Å². The van der Waals surface area contributed by atoms with Gasteiger partial charge in [-0.3, -0.25) is 4.79 Å². The normalized spacial score (nSPS) is 14.8. The zero-order valence-electron chi connectivity index (χ0n) is 13.1. The smallest absolute Gasteiger partial charge is 0.221 e. The second-order valence-corrected chi connectivity index (χ2v) is 6.82. The predicted octanol–water partition coefficient (Wildman–Crippen LogP) is 2.87. The lowest BCUT2D eigenvalue weighted by molar-refractivity contribution is -0.122. The second kappa shape index (κ2) is 7.48. The van der Waals surface area contributed by atoms with Crippen LogP contribution in [-0.2, 0) is 11.2 Å². The minimum Gasteiger partial charge on any atom is -0.469 e. The third kappa shape index (κ3) is 7.34. The highest BCUT2D eigenvalue weighted by atomic mass is 16.3. The SMILES string of the molecule is CC(CCc1ccco1)NC(=O)CC(N)CC(C)(C)C. The zero-order valence-corrected chi connectivity index (χ0v) is 13.1. The van der Waals surface area contributed by atoms with Crippen LogP contribution in [0.4, 0.5) is 0 Å². The van der Waals surface area contributed by atoms with Gasteiger partial charge in [-0.25, -0.2) is 0 Å². The van der Waals surface area contributed by atoms with Crippen LogP contribution < -0.4 is 11.1 Å². The fourth-order valence-corrected chi connectivity index (χ4v) is 2.32. The molecule has 1 heterocycles. The number of rotatable bonds is 7. The van der Waals surface area contributed by atoms with E-state index < -0.39 is 0 Å². The van der Waals surface area contributed by atoms with Crippen LogP contribution in [0, 0.1) is 5.41 Å². The van der Waals surface area contributed by atoms with Crippen LogP contribution in [-0.4, -0.2) is 18.0 Å². The van der Waals surface area contributed by atoms with E-state index in [1.807, 2.05) is 19.1 Å². The Balaban J connectivity index is 2.24. The molecule has 1 amide bonds. The molecule has 4 heteroatoms. The molecular formula is C16H28N2O2. The monoisotopic (exact) mass is 280 g/mol. The number of carbonyl (C=O) groups is 1. The van der Waals surface area contributed by atoms with E-state index in [1.165, 1.54) is 0 Å². The first kappa shape index (κ1) is 16.8. The zero-order chi connectivity index (χ0) is 15.2. The molecule has 4 nitrogen and oxygen atoms in total. The van der Waals surface area contributed by atoms with Crippen LogP contribution in [0.3, 0.4) is 0 Å². The summed E-state index contributed by atoms with van der Waals surface area (Å²) in [6, 6.07) is 3.89. The van der Waals surface area contributed by atoms with Crippen molar-refractivity contribution in [3.63, 3.8) is 0 Å². The standard InChI is InChI=1S/C16H28N2O2/c1-12(7-8-14-6-5-9-20-14)18-15(19)10-13(17)11-16(2,3)4/h5-6,9,12-13H,7-8,10-11,17H2,1-4H3,(H,18,19). The maximum Gasteiger partial charge on any atom is 0.221 e. The van der Waals surface area contributed by atoms with Crippen LogP contribution in [0.1, 0.15) is 52.7 Å². The topological polar surface area (TPSA) is 68.3 Å². The summed E-state index contributed by atoms with van der Waals surface area (Å²) in [5.41, 5.74) is 6.17. The summed E-state index contributed by atoms with van der Waals surface area (Å²) in [4.78, 5) is 11.9. The first-order valence-electron chi connectivity index (χ1n) is 7.33. The maximum absolute atomic E-state index is 11.9. The van der Waals surface area contributed by atoms with Crippen molar-refractivity contribution in [3.05, 3.63) is 24.2 Å². The Morgan fingerprint density at radius 2 is 2.15 bits per heavy atom. The number of nitrogens with one attached hydrogen (secondary N) is 1. The number of hydrogen-bond donors (Lipinski definition) is 2.